The first-order chi connectivity index (χ1) is 14.4. The lowest BCUT2D eigenvalue weighted by molar-refractivity contribution is 0.0940. The molecule has 152 valence electrons. The maximum Gasteiger partial charge on any atom is 0.251 e. The van der Waals surface area contributed by atoms with E-state index in [1.54, 1.807) is 18.3 Å². The molecular weight excluding hydrogens is 377 g/mol. The Morgan fingerprint density at radius 3 is 2.53 bits per heavy atom. The molecule has 0 fully saturated rings. The van der Waals surface area contributed by atoms with Gasteiger partial charge in [-0.2, -0.15) is 5.10 Å². The highest BCUT2D eigenvalue weighted by Gasteiger charge is 2.14. The summed E-state index contributed by atoms with van der Waals surface area (Å²) in [6, 6.07) is 18.1. The van der Waals surface area contributed by atoms with Crippen molar-refractivity contribution in [2.24, 2.45) is 0 Å². The molecule has 1 atom stereocenters. The summed E-state index contributed by atoms with van der Waals surface area (Å²) < 4.78 is 15.0. The van der Waals surface area contributed by atoms with Crippen LogP contribution in [0.3, 0.4) is 0 Å². The first kappa shape index (κ1) is 19.8. The minimum absolute atomic E-state index is 0.100. The summed E-state index contributed by atoms with van der Waals surface area (Å²) in [5.74, 6) is -0.391. The van der Waals surface area contributed by atoms with Gasteiger partial charge in [0.05, 0.1) is 24.3 Å². The second kappa shape index (κ2) is 8.11. The third kappa shape index (κ3) is 4.10. The van der Waals surface area contributed by atoms with Crippen LogP contribution in [0.2, 0.25) is 0 Å². The Balaban J connectivity index is 1.55. The van der Waals surface area contributed by atoms with Gasteiger partial charge >= 0.3 is 0 Å². The van der Waals surface area contributed by atoms with Crippen LogP contribution in [-0.2, 0) is 6.54 Å². The lowest BCUT2D eigenvalue weighted by Crippen LogP contribution is -2.26. The fourth-order valence-corrected chi connectivity index (χ4v) is 3.50. The number of carbonyl (C=O) groups is 1. The molecule has 1 aromatic heterocycles. The molecule has 4 aromatic rings. The van der Waals surface area contributed by atoms with Crippen molar-refractivity contribution >= 4 is 16.8 Å². The fraction of sp³-hybridized carbons (Fsp3) is 0.200. The number of aromatic nitrogens is 2. The molecule has 0 spiro atoms. The van der Waals surface area contributed by atoms with Gasteiger partial charge in [0.1, 0.15) is 5.82 Å². The van der Waals surface area contributed by atoms with E-state index in [0.717, 1.165) is 22.0 Å². The van der Waals surface area contributed by atoms with Gasteiger partial charge in [0.2, 0.25) is 0 Å². The van der Waals surface area contributed by atoms with Gasteiger partial charge in [-0.1, -0.05) is 36.4 Å². The molecular formula is C25H24FN3O. The number of benzene rings is 3. The lowest BCUT2D eigenvalue weighted by atomic mass is 10.0. The zero-order valence-electron chi connectivity index (χ0n) is 17.3. The van der Waals surface area contributed by atoms with Crippen LogP contribution in [0, 0.1) is 19.7 Å². The lowest BCUT2D eigenvalue weighted by Gasteiger charge is -2.16. The molecule has 1 unspecified atom stereocenters. The van der Waals surface area contributed by atoms with Crippen LogP contribution < -0.4 is 5.32 Å². The Labute approximate surface area is 175 Å². The van der Waals surface area contributed by atoms with E-state index >= 15 is 0 Å². The minimum atomic E-state index is -0.263. The van der Waals surface area contributed by atoms with E-state index in [1.807, 2.05) is 35.9 Å². The number of hydrogen-bond donors (Lipinski definition) is 1. The molecule has 5 heteroatoms. The SMILES string of the molecule is Cc1ccc(C(C)NC(=O)c2ccc3cnn(Cc4ccc(F)cc4)c3c2)cc1C. The van der Waals surface area contributed by atoms with Crippen LogP contribution in [0.1, 0.15) is 45.6 Å². The van der Waals surface area contributed by atoms with Crippen molar-refractivity contribution in [3.63, 3.8) is 0 Å². The van der Waals surface area contributed by atoms with E-state index in [-0.39, 0.29) is 17.8 Å². The third-order valence-electron chi connectivity index (χ3n) is 5.53. The summed E-state index contributed by atoms with van der Waals surface area (Å²) in [5, 5.41) is 8.47. The van der Waals surface area contributed by atoms with Gasteiger partial charge in [0.25, 0.3) is 5.91 Å². The van der Waals surface area contributed by atoms with Gasteiger partial charge in [0, 0.05) is 10.9 Å². The van der Waals surface area contributed by atoms with Gasteiger partial charge in [-0.3, -0.25) is 9.48 Å². The highest BCUT2D eigenvalue weighted by atomic mass is 19.1. The molecule has 0 aliphatic heterocycles. The number of carbonyl (C=O) groups excluding carboxylic acids is 1. The summed E-state index contributed by atoms with van der Waals surface area (Å²) in [5.41, 5.74) is 5.91. The molecule has 0 aliphatic rings. The first-order valence-electron chi connectivity index (χ1n) is 9.99. The quantitative estimate of drug-likeness (QED) is 0.491. The number of hydrogen-bond acceptors (Lipinski definition) is 2. The number of rotatable bonds is 5. The van der Waals surface area contributed by atoms with Crippen LogP contribution in [0.15, 0.2) is 66.9 Å². The smallest absolute Gasteiger partial charge is 0.251 e. The summed E-state index contributed by atoms with van der Waals surface area (Å²) in [6.45, 7) is 6.64. The van der Waals surface area contributed by atoms with Crippen molar-refractivity contribution in [1.82, 2.24) is 15.1 Å². The second-order valence-corrected chi connectivity index (χ2v) is 7.74. The Morgan fingerprint density at radius 1 is 1.03 bits per heavy atom. The largest absolute Gasteiger partial charge is 0.346 e. The zero-order valence-corrected chi connectivity index (χ0v) is 17.3. The molecule has 1 amide bonds. The van der Waals surface area contributed by atoms with E-state index in [1.165, 1.54) is 23.3 Å². The van der Waals surface area contributed by atoms with Gasteiger partial charge in [-0.25, -0.2) is 4.39 Å². The van der Waals surface area contributed by atoms with Crippen LogP contribution in [0.25, 0.3) is 10.9 Å². The summed E-state index contributed by atoms with van der Waals surface area (Å²) >= 11 is 0. The highest BCUT2D eigenvalue weighted by molar-refractivity contribution is 5.98. The van der Waals surface area contributed by atoms with Crippen molar-refractivity contribution < 1.29 is 9.18 Å². The van der Waals surface area contributed by atoms with Crippen LogP contribution in [-0.4, -0.2) is 15.7 Å². The van der Waals surface area contributed by atoms with E-state index in [0.29, 0.717) is 12.1 Å². The molecule has 30 heavy (non-hydrogen) atoms. The van der Waals surface area contributed by atoms with E-state index in [2.05, 4.69) is 36.4 Å². The molecule has 1 N–H and O–H groups in total. The molecule has 4 rings (SSSR count). The average Bonchev–Trinajstić information content (AvgIpc) is 3.13. The average molecular weight is 401 g/mol. The molecule has 0 bridgehead atoms. The van der Waals surface area contributed by atoms with Gasteiger partial charge in [-0.15, -0.1) is 0 Å². The Kier molecular flexibility index (Phi) is 5.36. The van der Waals surface area contributed by atoms with E-state index in [4.69, 9.17) is 0 Å². The maximum absolute atomic E-state index is 13.2. The number of nitrogens with zero attached hydrogens (tertiary/aromatic N) is 2. The van der Waals surface area contributed by atoms with Gasteiger partial charge in [0.15, 0.2) is 0 Å². The Hall–Kier alpha value is -3.47. The topological polar surface area (TPSA) is 46.9 Å². The molecule has 3 aromatic carbocycles. The molecule has 4 nitrogen and oxygen atoms in total. The number of halogens is 1. The van der Waals surface area contributed by atoms with Crippen molar-refractivity contribution in [2.75, 3.05) is 0 Å². The highest BCUT2D eigenvalue weighted by Crippen LogP contribution is 2.20. The Morgan fingerprint density at radius 2 is 1.80 bits per heavy atom. The predicted octanol–water partition coefficient (Wildman–Crippen LogP) is 5.33. The van der Waals surface area contributed by atoms with E-state index in [9.17, 15) is 9.18 Å². The zero-order chi connectivity index (χ0) is 21.3. The van der Waals surface area contributed by atoms with Crippen molar-refractivity contribution in [2.45, 2.75) is 33.4 Å². The molecule has 0 radical (unpaired) electrons. The predicted molar refractivity (Wildman–Crippen MR) is 117 cm³/mol. The van der Waals surface area contributed by atoms with Crippen molar-refractivity contribution in [3.05, 3.63) is 100 Å². The minimum Gasteiger partial charge on any atom is -0.346 e. The second-order valence-electron chi connectivity index (χ2n) is 7.74. The number of amides is 1. The number of fused-ring (bicyclic) bond motifs is 1. The van der Waals surface area contributed by atoms with Gasteiger partial charge in [-0.05, 0) is 67.3 Å². The normalized spacial score (nSPS) is 12.1. The van der Waals surface area contributed by atoms with Crippen LogP contribution >= 0.6 is 0 Å². The molecule has 0 saturated heterocycles. The van der Waals surface area contributed by atoms with Crippen molar-refractivity contribution in [1.29, 1.82) is 0 Å². The summed E-state index contributed by atoms with van der Waals surface area (Å²) in [7, 11) is 0. The van der Waals surface area contributed by atoms with E-state index < -0.39 is 0 Å². The monoisotopic (exact) mass is 401 g/mol. The van der Waals surface area contributed by atoms with Crippen LogP contribution in [0.5, 0.6) is 0 Å². The third-order valence-corrected chi connectivity index (χ3v) is 5.53. The van der Waals surface area contributed by atoms with Crippen LogP contribution in [0.4, 0.5) is 4.39 Å². The van der Waals surface area contributed by atoms with Crippen molar-refractivity contribution in [3.8, 4) is 0 Å². The maximum atomic E-state index is 13.2. The Bertz CT molecular complexity index is 1210. The molecule has 0 aliphatic carbocycles. The summed E-state index contributed by atoms with van der Waals surface area (Å²) in [6.07, 6.45) is 1.78. The summed E-state index contributed by atoms with van der Waals surface area (Å²) in [4.78, 5) is 12.9. The standard InChI is InChI=1S/C25H24FN3O/c1-16-4-7-20(12-17(16)2)18(3)28-25(30)21-8-9-22-14-27-29(24(22)13-21)15-19-5-10-23(26)11-6-19/h4-14,18H,15H2,1-3H3,(H,28,30). The van der Waals surface area contributed by atoms with Gasteiger partial charge < -0.3 is 5.32 Å². The number of nitrogens with one attached hydrogen (secondary N) is 1. The molecule has 0 saturated carbocycles. The number of aryl methyl sites for hydroxylation is 2. The fourth-order valence-electron chi connectivity index (χ4n) is 3.50. The first-order valence-corrected chi connectivity index (χ1v) is 9.99. The molecule has 1 heterocycles.